The fraction of sp³-hybridized carbons (Fsp3) is 0.750. The van der Waals surface area contributed by atoms with Crippen molar-refractivity contribution in [3.63, 3.8) is 0 Å². The highest BCUT2D eigenvalue weighted by atomic mass is 16.4. The van der Waals surface area contributed by atoms with Gasteiger partial charge in [0.1, 0.15) is 0 Å². The number of carboxylic acid groups (broad SMARTS) is 3. The van der Waals surface area contributed by atoms with Crippen LogP contribution in [0.1, 0.15) is 46.5 Å². The van der Waals surface area contributed by atoms with E-state index in [-0.39, 0.29) is 17.9 Å². The summed E-state index contributed by atoms with van der Waals surface area (Å²) in [5.74, 6) is -4.45. The summed E-state index contributed by atoms with van der Waals surface area (Å²) in [7, 11) is 0. The van der Waals surface area contributed by atoms with Crippen LogP contribution in [0.3, 0.4) is 0 Å². The van der Waals surface area contributed by atoms with E-state index >= 15 is 0 Å². The van der Waals surface area contributed by atoms with Crippen LogP contribution in [0.4, 0.5) is 0 Å². The van der Waals surface area contributed by atoms with Crippen LogP contribution in [-0.4, -0.2) is 39.3 Å². The second-order valence-corrected chi connectivity index (χ2v) is 5.09. The maximum Gasteiger partial charge on any atom is 0.414 e. The second-order valence-electron chi connectivity index (χ2n) is 5.09. The van der Waals surface area contributed by atoms with Gasteiger partial charge in [-0.3, -0.25) is 4.79 Å². The number of carboxylic acids is 3. The molecule has 0 saturated carbocycles. The molecule has 7 nitrogen and oxygen atoms in total. The fourth-order valence-corrected chi connectivity index (χ4v) is 1.79. The maximum absolute atomic E-state index is 10.4. The highest BCUT2D eigenvalue weighted by Crippen LogP contribution is 2.28. The van der Waals surface area contributed by atoms with E-state index in [4.69, 9.17) is 30.6 Å². The summed E-state index contributed by atoms with van der Waals surface area (Å²) in [6, 6.07) is -0.209. The lowest BCUT2D eigenvalue weighted by atomic mass is 9.81. The maximum atomic E-state index is 10.4. The molecule has 5 N–H and O–H groups in total. The zero-order valence-corrected chi connectivity index (χ0v) is 11.5. The molecular formula is C12H23NO6. The Morgan fingerprint density at radius 2 is 1.53 bits per heavy atom. The molecule has 112 valence electrons. The molecular weight excluding hydrogens is 254 g/mol. The summed E-state index contributed by atoms with van der Waals surface area (Å²) >= 11 is 0. The summed E-state index contributed by atoms with van der Waals surface area (Å²) < 4.78 is 0. The molecule has 0 aliphatic carbocycles. The first-order valence-electron chi connectivity index (χ1n) is 5.95. The van der Waals surface area contributed by atoms with Crippen molar-refractivity contribution >= 4 is 17.9 Å². The van der Waals surface area contributed by atoms with Crippen molar-refractivity contribution in [1.29, 1.82) is 0 Å². The molecule has 0 aliphatic rings. The largest absolute Gasteiger partial charge is 0.481 e. The molecule has 19 heavy (non-hydrogen) atoms. The molecule has 0 radical (unpaired) electrons. The number of rotatable bonds is 6. The lowest BCUT2D eigenvalue weighted by Gasteiger charge is -2.26. The molecule has 0 aromatic carbocycles. The summed E-state index contributed by atoms with van der Waals surface area (Å²) in [4.78, 5) is 28.6. The first-order chi connectivity index (χ1) is 8.51. The van der Waals surface area contributed by atoms with Crippen LogP contribution < -0.4 is 5.73 Å². The molecule has 1 atom stereocenters. The van der Waals surface area contributed by atoms with Gasteiger partial charge in [-0.05, 0) is 18.3 Å². The third kappa shape index (κ3) is 14.3. The minimum absolute atomic E-state index is 0.0765. The van der Waals surface area contributed by atoms with E-state index < -0.39 is 17.9 Å². The van der Waals surface area contributed by atoms with Crippen molar-refractivity contribution in [2.45, 2.75) is 52.5 Å². The van der Waals surface area contributed by atoms with Gasteiger partial charge in [0.2, 0.25) is 0 Å². The Hall–Kier alpha value is -1.63. The van der Waals surface area contributed by atoms with Crippen LogP contribution in [0.25, 0.3) is 0 Å². The van der Waals surface area contributed by atoms with Crippen molar-refractivity contribution in [1.82, 2.24) is 0 Å². The fourth-order valence-electron chi connectivity index (χ4n) is 1.79. The Morgan fingerprint density at radius 1 is 1.11 bits per heavy atom. The van der Waals surface area contributed by atoms with Gasteiger partial charge >= 0.3 is 17.9 Å². The zero-order chi connectivity index (χ0) is 15.6. The average molecular weight is 277 g/mol. The smallest absolute Gasteiger partial charge is 0.414 e. The molecule has 7 heteroatoms. The summed E-state index contributed by atoms with van der Waals surface area (Å²) in [5, 5.41) is 23.3. The third-order valence-electron chi connectivity index (χ3n) is 2.36. The van der Waals surface area contributed by atoms with Crippen molar-refractivity contribution in [3.05, 3.63) is 0 Å². The SMILES string of the molecule is CCCC(C)(C)CC(N)CC(=O)O.O=C(O)C(=O)O. The lowest BCUT2D eigenvalue weighted by Crippen LogP contribution is -2.30. The standard InChI is InChI=1S/C10H21NO2.C2H2O4/c1-4-5-10(2,3)7-8(11)6-9(12)13;3-1(4)2(5)6/h8H,4-7,11H2,1-3H3,(H,12,13);(H,3,4)(H,5,6). The van der Waals surface area contributed by atoms with E-state index in [1.165, 1.54) is 0 Å². The van der Waals surface area contributed by atoms with Gasteiger partial charge < -0.3 is 21.1 Å². The first-order valence-corrected chi connectivity index (χ1v) is 5.95. The van der Waals surface area contributed by atoms with Gasteiger partial charge in [0.25, 0.3) is 0 Å². The highest BCUT2D eigenvalue weighted by molar-refractivity contribution is 6.27. The van der Waals surface area contributed by atoms with Crippen LogP contribution in [-0.2, 0) is 14.4 Å². The predicted molar refractivity (Wildman–Crippen MR) is 68.8 cm³/mol. The van der Waals surface area contributed by atoms with Gasteiger partial charge in [-0.15, -0.1) is 0 Å². The molecule has 0 aliphatic heterocycles. The van der Waals surface area contributed by atoms with Crippen LogP contribution in [0.15, 0.2) is 0 Å². The van der Waals surface area contributed by atoms with E-state index in [9.17, 15) is 4.79 Å². The summed E-state index contributed by atoms with van der Waals surface area (Å²) in [6.45, 7) is 6.40. The monoisotopic (exact) mass is 277 g/mol. The third-order valence-corrected chi connectivity index (χ3v) is 2.36. The van der Waals surface area contributed by atoms with E-state index in [0.717, 1.165) is 19.3 Å². The van der Waals surface area contributed by atoms with Crippen LogP contribution in [0.5, 0.6) is 0 Å². The normalized spacial score (nSPS) is 12.0. The Labute approximate surface area is 112 Å². The molecule has 0 spiro atoms. The Kier molecular flexibility index (Phi) is 9.67. The van der Waals surface area contributed by atoms with Crippen molar-refractivity contribution in [3.8, 4) is 0 Å². The molecule has 0 amide bonds. The predicted octanol–water partition coefficient (Wildman–Crippen LogP) is 1.16. The number of hydrogen-bond donors (Lipinski definition) is 4. The molecule has 0 saturated heterocycles. The van der Waals surface area contributed by atoms with E-state index in [2.05, 4.69) is 20.8 Å². The molecule has 1 unspecified atom stereocenters. The Balaban J connectivity index is 0. The van der Waals surface area contributed by atoms with Crippen molar-refractivity contribution in [2.24, 2.45) is 11.1 Å². The van der Waals surface area contributed by atoms with Crippen molar-refractivity contribution in [2.75, 3.05) is 0 Å². The Morgan fingerprint density at radius 3 is 1.79 bits per heavy atom. The minimum Gasteiger partial charge on any atom is -0.481 e. The topological polar surface area (TPSA) is 138 Å². The van der Waals surface area contributed by atoms with Gasteiger partial charge in [0, 0.05) is 6.04 Å². The molecule has 0 aromatic heterocycles. The molecule has 0 rings (SSSR count). The summed E-state index contributed by atoms with van der Waals surface area (Å²) in [6.07, 6.45) is 3.08. The molecule has 0 bridgehead atoms. The van der Waals surface area contributed by atoms with E-state index in [1.807, 2.05) is 0 Å². The van der Waals surface area contributed by atoms with Gasteiger partial charge in [-0.2, -0.15) is 0 Å². The number of hydrogen-bond acceptors (Lipinski definition) is 4. The zero-order valence-electron chi connectivity index (χ0n) is 11.5. The van der Waals surface area contributed by atoms with Gasteiger partial charge in [0.15, 0.2) is 0 Å². The Bertz CT molecular complexity index is 301. The second kappa shape index (κ2) is 9.32. The quantitative estimate of drug-likeness (QED) is 0.534. The van der Waals surface area contributed by atoms with Gasteiger partial charge in [0.05, 0.1) is 6.42 Å². The minimum atomic E-state index is -1.82. The number of aliphatic carboxylic acids is 3. The summed E-state index contributed by atoms with van der Waals surface area (Å²) in [5.41, 5.74) is 5.88. The highest BCUT2D eigenvalue weighted by Gasteiger charge is 2.21. The molecule has 0 heterocycles. The number of carbonyl (C=O) groups is 3. The van der Waals surface area contributed by atoms with E-state index in [1.54, 1.807) is 0 Å². The average Bonchev–Trinajstić information content (AvgIpc) is 2.14. The van der Waals surface area contributed by atoms with Gasteiger partial charge in [-0.1, -0.05) is 27.2 Å². The number of nitrogens with two attached hydrogens (primary N) is 1. The first kappa shape index (κ1) is 19.7. The van der Waals surface area contributed by atoms with E-state index in [0.29, 0.717) is 0 Å². The molecule has 0 aromatic rings. The molecule has 0 fully saturated rings. The van der Waals surface area contributed by atoms with Gasteiger partial charge in [-0.25, -0.2) is 9.59 Å². The van der Waals surface area contributed by atoms with Crippen LogP contribution in [0.2, 0.25) is 0 Å². The van der Waals surface area contributed by atoms with Crippen molar-refractivity contribution < 1.29 is 29.7 Å². The van der Waals surface area contributed by atoms with Crippen LogP contribution >= 0.6 is 0 Å². The lowest BCUT2D eigenvalue weighted by molar-refractivity contribution is -0.159. The van der Waals surface area contributed by atoms with Crippen LogP contribution in [0, 0.1) is 5.41 Å².